The molecule has 2 aromatic rings. The van der Waals surface area contributed by atoms with Gasteiger partial charge in [0.2, 0.25) is 0 Å². The first-order valence-electron chi connectivity index (χ1n) is 7.93. The van der Waals surface area contributed by atoms with E-state index in [2.05, 4.69) is 0 Å². The monoisotopic (exact) mass is 361 g/mol. The maximum Gasteiger partial charge on any atom is 0.335 e. The fraction of sp³-hybridized carbons (Fsp3) is 0.278. The van der Waals surface area contributed by atoms with Gasteiger partial charge in [0.1, 0.15) is 5.75 Å². The van der Waals surface area contributed by atoms with Crippen molar-refractivity contribution in [2.24, 2.45) is 5.92 Å². The molecule has 3 rings (SSSR count). The number of hydrogen-bond acceptors (Lipinski definition) is 4. The Kier molecular flexibility index (Phi) is 4.67. The Balaban J connectivity index is 1.95. The quantitative estimate of drug-likeness (QED) is 0.819. The van der Waals surface area contributed by atoms with E-state index in [9.17, 15) is 18.3 Å². The van der Waals surface area contributed by atoms with E-state index in [0.29, 0.717) is 18.3 Å². The molecule has 0 aliphatic heterocycles. The van der Waals surface area contributed by atoms with Gasteiger partial charge in [-0.05, 0) is 43.0 Å². The molecule has 1 saturated carbocycles. The first kappa shape index (κ1) is 17.3. The number of carboxylic acids is 1. The van der Waals surface area contributed by atoms with Crippen molar-refractivity contribution in [3.05, 3.63) is 54.1 Å². The summed E-state index contributed by atoms with van der Waals surface area (Å²) in [6, 6.07) is 12.3. The molecule has 0 amide bonds. The highest BCUT2D eigenvalue weighted by molar-refractivity contribution is 7.92. The second kappa shape index (κ2) is 6.76. The molecule has 0 bridgehead atoms. The molecule has 0 aromatic heterocycles. The highest BCUT2D eigenvalue weighted by Crippen LogP contribution is 2.32. The number of aromatic carboxylic acids is 1. The van der Waals surface area contributed by atoms with E-state index < -0.39 is 16.0 Å². The molecular weight excluding hydrogens is 342 g/mol. The Bertz CT molecular complexity index is 876. The summed E-state index contributed by atoms with van der Waals surface area (Å²) in [4.78, 5) is 11.5. The second-order valence-corrected chi connectivity index (χ2v) is 8.03. The Morgan fingerprint density at radius 1 is 1.20 bits per heavy atom. The number of rotatable bonds is 7. The molecule has 0 atom stereocenters. The van der Waals surface area contributed by atoms with Gasteiger partial charge in [0.15, 0.2) is 0 Å². The molecule has 0 unspecified atom stereocenters. The zero-order valence-electron chi connectivity index (χ0n) is 13.8. The molecule has 132 valence electrons. The fourth-order valence-electron chi connectivity index (χ4n) is 2.36. The molecule has 0 saturated heterocycles. The summed E-state index contributed by atoms with van der Waals surface area (Å²) in [5.74, 6) is -0.275. The maximum absolute atomic E-state index is 12.7. The molecule has 1 aliphatic carbocycles. The minimum absolute atomic E-state index is 0.0154. The van der Waals surface area contributed by atoms with E-state index in [-0.39, 0.29) is 16.1 Å². The van der Waals surface area contributed by atoms with E-state index >= 15 is 0 Å². The van der Waals surface area contributed by atoms with E-state index in [4.69, 9.17) is 4.74 Å². The average Bonchev–Trinajstić information content (AvgIpc) is 3.44. The zero-order chi connectivity index (χ0) is 18.0. The number of carbonyl (C=O) groups is 1. The minimum atomic E-state index is -3.79. The second-order valence-electron chi connectivity index (χ2n) is 6.06. The predicted molar refractivity (Wildman–Crippen MR) is 93.7 cm³/mol. The number of anilines is 1. The summed E-state index contributed by atoms with van der Waals surface area (Å²) >= 11 is 0. The summed E-state index contributed by atoms with van der Waals surface area (Å²) < 4.78 is 32.2. The van der Waals surface area contributed by atoms with Crippen LogP contribution in [0.2, 0.25) is 0 Å². The molecule has 7 heteroatoms. The predicted octanol–water partition coefficient (Wildman–Crippen LogP) is 3.00. The molecule has 1 aliphatic rings. The fourth-order valence-corrected chi connectivity index (χ4v) is 3.56. The van der Waals surface area contributed by atoms with E-state index in [0.717, 1.165) is 17.1 Å². The number of hydrogen-bond donors (Lipinski definition) is 1. The lowest BCUT2D eigenvalue weighted by atomic mass is 10.2. The largest absolute Gasteiger partial charge is 0.493 e. The van der Waals surface area contributed by atoms with Crippen LogP contribution >= 0.6 is 0 Å². The highest BCUT2D eigenvalue weighted by atomic mass is 32.2. The summed E-state index contributed by atoms with van der Waals surface area (Å²) in [6.45, 7) is 0.512. The van der Waals surface area contributed by atoms with E-state index in [1.54, 1.807) is 24.3 Å². The van der Waals surface area contributed by atoms with Gasteiger partial charge in [-0.15, -0.1) is 0 Å². The molecule has 1 fully saturated rings. The van der Waals surface area contributed by atoms with Gasteiger partial charge in [-0.25, -0.2) is 13.2 Å². The standard InChI is InChI=1S/C18H19NO5S/c1-19(25(22,23)17-5-3-2-4-6-17)15-9-14(18(20)21)10-16(11-15)24-12-13-7-8-13/h2-6,9-11,13H,7-8,12H2,1H3,(H,20,21). The minimum Gasteiger partial charge on any atom is -0.493 e. The number of carboxylic acid groups (broad SMARTS) is 1. The van der Waals surface area contributed by atoms with Crippen LogP contribution in [0.1, 0.15) is 23.2 Å². The molecule has 0 spiro atoms. The van der Waals surface area contributed by atoms with Gasteiger partial charge in [0.25, 0.3) is 10.0 Å². The first-order valence-corrected chi connectivity index (χ1v) is 9.37. The van der Waals surface area contributed by atoms with Crippen LogP contribution in [0.5, 0.6) is 5.75 Å². The van der Waals surface area contributed by atoms with Gasteiger partial charge in [-0.3, -0.25) is 4.31 Å². The number of sulfonamides is 1. The zero-order valence-corrected chi connectivity index (χ0v) is 14.6. The molecule has 0 radical (unpaired) electrons. The van der Waals surface area contributed by atoms with Crippen LogP contribution in [0, 0.1) is 5.92 Å². The van der Waals surface area contributed by atoms with Crippen molar-refractivity contribution in [3.8, 4) is 5.75 Å². The van der Waals surface area contributed by atoms with Crippen LogP contribution in [-0.4, -0.2) is 33.1 Å². The lowest BCUT2D eigenvalue weighted by Crippen LogP contribution is -2.26. The third-order valence-corrected chi connectivity index (χ3v) is 5.89. The molecule has 2 aromatic carbocycles. The lowest BCUT2D eigenvalue weighted by Gasteiger charge is -2.21. The van der Waals surface area contributed by atoms with Gasteiger partial charge >= 0.3 is 5.97 Å². The molecule has 1 N–H and O–H groups in total. The third kappa shape index (κ3) is 3.93. The van der Waals surface area contributed by atoms with Crippen molar-refractivity contribution in [1.29, 1.82) is 0 Å². The summed E-state index contributed by atoms with van der Waals surface area (Å²) in [5, 5.41) is 9.30. The van der Waals surface area contributed by atoms with E-state index in [1.807, 2.05) is 0 Å². The Hall–Kier alpha value is -2.54. The van der Waals surface area contributed by atoms with Crippen LogP contribution in [0.15, 0.2) is 53.4 Å². The lowest BCUT2D eigenvalue weighted by molar-refractivity contribution is 0.0696. The van der Waals surface area contributed by atoms with Gasteiger partial charge in [-0.2, -0.15) is 0 Å². The Morgan fingerprint density at radius 2 is 1.88 bits per heavy atom. The topological polar surface area (TPSA) is 83.9 Å². The van der Waals surface area contributed by atoms with Gasteiger partial charge < -0.3 is 9.84 Å². The maximum atomic E-state index is 12.7. The summed E-state index contributed by atoms with van der Waals surface area (Å²) in [5.41, 5.74) is 0.230. The van der Waals surface area contributed by atoms with Crippen molar-refractivity contribution in [2.75, 3.05) is 18.0 Å². The van der Waals surface area contributed by atoms with Crippen LogP contribution in [0.25, 0.3) is 0 Å². The normalized spacial score (nSPS) is 14.1. The molecule has 0 heterocycles. The highest BCUT2D eigenvalue weighted by Gasteiger charge is 2.24. The summed E-state index contributed by atoms with van der Waals surface area (Å²) in [7, 11) is -2.39. The Morgan fingerprint density at radius 3 is 2.48 bits per heavy atom. The van der Waals surface area contributed by atoms with Crippen molar-refractivity contribution in [3.63, 3.8) is 0 Å². The first-order chi connectivity index (χ1) is 11.9. The molecular formula is C18H19NO5S. The van der Waals surface area contributed by atoms with Crippen LogP contribution in [-0.2, 0) is 10.0 Å². The number of benzene rings is 2. The third-order valence-electron chi connectivity index (χ3n) is 4.09. The van der Waals surface area contributed by atoms with Crippen molar-refractivity contribution in [2.45, 2.75) is 17.7 Å². The van der Waals surface area contributed by atoms with Crippen molar-refractivity contribution >= 4 is 21.7 Å². The SMILES string of the molecule is CN(c1cc(OCC2CC2)cc(C(=O)O)c1)S(=O)(=O)c1ccccc1. The molecule has 25 heavy (non-hydrogen) atoms. The Labute approximate surface area is 146 Å². The van der Waals surface area contributed by atoms with Crippen molar-refractivity contribution in [1.82, 2.24) is 0 Å². The average molecular weight is 361 g/mol. The molecule has 6 nitrogen and oxygen atoms in total. The number of ether oxygens (including phenoxy) is 1. The summed E-state index contributed by atoms with van der Waals surface area (Å²) in [6.07, 6.45) is 2.21. The van der Waals surface area contributed by atoms with Gasteiger partial charge in [0, 0.05) is 13.1 Å². The smallest absolute Gasteiger partial charge is 0.335 e. The van der Waals surface area contributed by atoms with Crippen LogP contribution in [0.3, 0.4) is 0 Å². The van der Waals surface area contributed by atoms with E-state index in [1.165, 1.54) is 31.3 Å². The van der Waals surface area contributed by atoms with Crippen LogP contribution < -0.4 is 9.04 Å². The van der Waals surface area contributed by atoms with Gasteiger partial charge in [-0.1, -0.05) is 18.2 Å². The number of nitrogens with zero attached hydrogens (tertiary/aromatic N) is 1. The van der Waals surface area contributed by atoms with Crippen LogP contribution in [0.4, 0.5) is 5.69 Å². The van der Waals surface area contributed by atoms with Gasteiger partial charge in [0.05, 0.1) is 22.8 Å². The van der Waals surface area contributed by atoms with Crippen molar-refractivity contribution < 1.29 is 23.1 Å².